The predicted octanol–water partition coefficient (Wildman–Crippen LogP) is 3.89. The number of aliphatic hydroxyl groups is 1. The number of aromatic nitrogens is 1. The van der Waals surface area contributed by atoms with E-state index in [1.165, 1.54) is 0 Å². The van der Waals surface area contributed by atoms with Gasteiger partial charge in [0.15, 0.2) is 0 Å². The van der Waals surface area contributed by atoms with Crippen LogP contribution in [-0.2, 0) is 0 Å². The highest BCUT2D eigenvalue weighted by atomic mass is 35.5. The molecule has 0 amide bonds. The number of aryl methyl sites for hydroxylation is 1. The molecule has 1 atom stereocenters. The zero-order chi connectivity index (χ0) is 13.1. The van der Waals surface area contributed by atoms with Crippen molar-refractivity contribution < 1.29 is 9.84 Å². The first-order chi connectivity index (χ1) is 8.58. The van der Waals surface area contributed by atoms with Crippen LogP contribution in [0.2, 0.25) is 5.02 Å². The minimum Gasteiger partial charge on any atom is -0.437 e. The summed E-state index contributed by atoms with van der Waals surface area (Å²) in [5.41, 5.74) is 1.69. The molecule has 2 aromatic rings. The van der Waals surface area contributed by atoms with E-state index in [1.807, 2.05) is 19.1 Å². The van der Waals surface area contributed by atoms with Gasteiger partial charge < -0.3 is 9.84 Å². The molecule has 0 radical (unpaired) electrons. The lowest BCUT2D eigenvalue weighted by Gasteiger charge is -2.12. The average Bonchev–Trinajstić information content (AvgIpc) is 2.33. The molecule has 0 bridgehead atoms. The Kier molecular flexibility index (Phi) is 3.84. The van der Waals surface area contributed by atoms with Crippen LogP contribution in [0, 0.1) is 6.92 Å². The van der Waals surface area contributed by atoms with Crippen molar-refractivity contribution in [1.82, 2.24) is 4.98 Å². The van der Waals surface area contributed by atoms with Crippen LogP contribution in [0.15, 0.2) is 36.5 Å². The number of hydrogen-bond donors (Lipinski definition) is 1. The maximum absolute atomic E-state index is 9.64. The molecule has 0 saturated heterocycles. The highest BCUT2D eigenvalue weighted by molar-refractivity contribution is 6.32. The number of aliphatic hydroxyl groups excluding tert-OH is 1. The molecule has 0 saturated carbocycles. The van der Waals surface area contributed by atoms with Gasteiger partial charge in [0, 0.05) is 11.8 Å². The molecule has 1 heterocycles. The lowest BCUT2D eigenvalue weighted by molar-refractivity contribution is 0.194. The summed E-state index contributed by atoms with van der Waals surface area (Å²) in [5, 5.41) is 10.2. The molecule has 2 rings (SSSR count). The van der Waals surface area contributed by atoms with E-state index in [0.717, 1.165) is 5.56 Å². The molecule has 4 heteroatoms. The first-order valence-electron chi connectivity index (χ1n) is 5.65. The fraction of sp³-hybridized carbons (Fsp3) is 0.214. The van der Waals surface area contributed by atoms with Crippen molar-refractivity contribution in [3.8, 4) is 11.6 Å². The van der Waals surface area contributed by atoms with Crippen molar-refractivity contribution in [1.29, 1.82) is 0 Å². The van der Waals surface area contributed by atoms with Gasteiger partial charge in [-0.1, -0.05) is 17.7 Å². The van der Waals surface area contributed by atoms with Crippen LogP contribution in [0.4, 0.5) is 0 Å². The Labute approximate surface area is 111 Å². The van der Waals surface area contributed by atoms with Gasteiger partial charge in [0.2, 0.25) is 5.88 Å². The zero-order valence-electron chi connectivity index (χ0n) is 10.2. The Hall–Kier alpha value is -1.58. The molecule has 3 nitrogen and oxygen atoms in total. The molecule has 94 valence electrons. The van der Waals surface area contributed by atoms with E-state index in [4.69, 9.17) is 16.3 Å². The minimum absolute atomic E-state index is 0.373. The smallest absolute Gasteiger partial charge is 0.225 e. The molecule has 0 spiro atoms. The molecule has 18 heavy (non-hydrogen) atoms. The summed E-state index contributed by atoms with van der Waals surface area (Å²) in [6.45, 7) is 3.62. The third-order valence-electron chi connectivity index (χ3n) is 2.54. The first-order valence-corrected chi connectivity index (χ1v) is 6.02. The predicted molar refractivity (Wildman–Crippen MR) is 71.1 cm³/mol. The van der Waals surface area contributed by atoms with Gasteiger partial charge in [0.1, 0.15) is 5.75 Å². The van der Waals surface area contributed by atoms with Crippen molar-refractivity contribution in [2.24, 2.45) is 0 Å². The Balaban J connectivity index is 2.34. The molecule has 0 fully saturated rings. The topological polar surface area (TPSA) is 42.4 Å². The second-order valence-electron chi connectivity index (χ2n) is 4.11. The summed E-state index contributed by atoms with van der Waals surface area (Å²) in [6, 6.07) is 9.05. The molecular weight excluding hydrogens is 250 g/mol. The van der Waals surface area contributed by atoms with Gasteiger partial charge in [-0.2, -0.15) is 0 Å². The summed E-state index contributed by atoms with van der Waals surface area (Å²) in [4.78, 5) is 4.12. The van der Waals surface area contributed by atoms with Gasteiger partial charge in [0.25, 0.3) is 0 Å². The van der Waals surface area contributed by atoms with Gasteiger partial charge in [-0.05, 0) is 43.7 Å². The summed E-state index contributed by atoms with van der Waals surface area (Å²) < 4.78 is 5.65. The van der Waals surface area contributed by atoms with Gasteiger partial charge in [0.05, 0.1) is 11.1 Å². The average molecular weight is 264 g/mol. The van der Waals surface area contributed by atoms with E-state index in [9.17, 15) is 5.11 Å². The van der Waals surface area contributed by atoms with Crippen LogP contribution in [0.1, 0.15) is 24.2 Å². The summed E-state index contributed by atoms with van der Waals surface area (Å²) in [5.74, 6) is 0.904. The monoisotopic (exact) mass is 263 g/mol. The molecular formula is C14H14ClNO2. The Bertz CT molecular complexity index is 555. The highest BCUT2D eigenvalue weighted by Crippen LogP contribution is 2.32. The quantitative estimate of drug-likeness (QED) is 0.914. The fourth-order valence-electron chi connectivity index (χ4n) is 1.60. The molecule has 1 N–H and O–H groups in total. The number of ether oxygens (including phenoxy) is 1. The number of halogens is 1. The van der Waals surface area contributed by atoms with Crippen LogP contribution in [0.3, 0.4) is 0 Å². The van der Waals surface area contributed by atoms with Crippen molar-refractivity contribution in [3.05, 3.63) is 52.7 Å². The number of pyridine rings is 1. The second kappa shape index (κ2) is 5.38. The number of nitrogens with zero attached hydrogens (tertiary/aromatic N) is 1. The van der Waals surface area contributed by atoms with Gasteiger partial charge in [-0.25, -0.2) is 4.98 Å². The summed E-state index contributed by atoms with van der Waals surface area (Å²) in [6.07, 6.45) is 0.974. The van der Waals surface area contributed by atoms with Crippen LogP contribution in [-0.4, -0.2) is 10.1 Å². The van der Waals surface area contributed by atoms with Crippen LogP contribution >= 0.6 is 11.6 Å². The van der Waals surface area contributed by atoms with E-state index >= 15 is 0 Å². The molecule has 0 aliphatic carbocycles. The minimum atomic E-state index is -0.641. The van der Waals surface area contributed by atoms with Crippen molar-refractivity contribution in [3.63, 3.8) is 0 Å². The molecule has 1 aromatic heterocycles. The third-order valence-corrected chi connectivity index (χ3v) is 2.84. The Morgan fingerprint density at radius 3 is 2.78 bits per heavy atom. The normalized spacial score (nSPS) is 12.2. The van der Waals surface area contributed by atoms with Gasteiger partial charge in [-0.15, -0.1) is 0 Å². The van der Waals surface area contributed by atoms with Crippen LogP contribution in [0.5, 0.6) is 11.6 Å². The molecule has 0 aliphatic heterocycles. The third kappa shape index (κ3) is 2.81. The standard InChI is InChI=1S/C14H14ClNO2/c1-9-5-6-13(12(15)8-9)18-14-11(10(2)17)4-3-7-16-14/h3-8,10,17H,1-2H3/t10-/m1/s1. The number of benzene rings is 1. The maximum Gasteiger partial charge on any atom is 0.225 e. The summed E-state index contributed by atoms with van der Waals surface area (Å²) >= 11 is 6.10. The van der Waals surface area contributed by atoms with Crippen LogP contribution in [0.25, 0.3) is 0 Å². The number of rotatable bonds is 3. The zero-order valence-corrected chi connectivity index (χ0v) is 11.0. The maximum atomic E-state index is 9.64. The van der Waals surface area contributed by atoms with Crippen molar-refractivity contribution >= 4 is 11.6 Å². The van der Waals surface area contributed by atoms with Crippen molar-refractivity contribution in [2.45, 2.75) is 20.0 Å². The van der Waals surface area contributed by atoms with Crippen LogP contribution < -0.4 is 4.74 Å². The Morgan fingerprint density at radius 1 is 1.33 bits per heavy atom. The SMILES string of the molecule is Cc1ccc(Oc2ncccc2[C@@H](C)O)c(Cl)c1. The van der Waals surface area contributed by atoms with E-state index in [2.05, 4.69) is 4.98 Å². The lowest BCUT2D eigenvalue weighted by atomic mass is 10.2. The van der Waals surface area contributed by atoms with Gasteiger partial charge in [-0.3, -0.25) is 0 Å². The fourth-order valence-corrected chi connectivity index (χ4v) is 1.87. The van der Waals surface area contributed by atoms with E-state index in [-0.39, 0.29) is 0 Å². The van der Waals surface area contributed by atoms with Crippen molar-refractivity contribution in [2.75, 3.05) is 0 Å². The van der Waals surface area contributed by atoms with E-state index in [0.29, 0.717) is 22.2 Å². The van der Waals surface area contributed by atoms with E-state index in [1.54, 1.807) is 31.3 Å². The Morgan fingerprint density at radius 2 is 2.11 bits per heavy atom. The second-order valence-corrected chi connectivity index (χ2v) is 4.52. The first kappa shape index (κ1) is 12.9. The van der Waals surface area contributed by atoms with Gasteiger partial charge >= 0.3 is 0 Å². The molecule has 0 aliphatic rings. The largest absolute Gasteiger partial charge is 0.437 e. The number of hydrogen-bond acceptors (Lipinski definition) is 3. The molecule has 1 aromatic carbocycles. The lowest BCUT2D eigenvalue weighted by Crippen LogP contribution is -1.98. The molecule has 0 unspecified atom stereocenters. The summed E-state index contributed by atoms with van der Waals surface area (Å²) in [7, 11) is 0. The van der Waals surface area contributed by atoms with E-state index < -0.39 is 6.10 Å². The highest BCUT2D eigenvalue weighted by Gasteiger charge is 2.12.